The van der Waals surface area contributed by atoms with Gasteiger partial charge in [0.05, 0.1) is 46.3 Å². The zero-order chi connectivity index (χ0) is 37.6. The molecule has 13 heteroatoms. The third kappa shape index (κ3) is 5.48. The summed E-state index contributed by atoms with van der Waals surface area (Å²) in [6.07, 6.45) is 6.84. The first-order chi connectivity index (χ1) is 25.9. The predicted octanol–water partition coefficient (Wildman–Crippen LogP) is 6.95. The molecule has 6 heterocycles. The van der Waals surface area contributed by atoms with Gasteiger partial charge in [-0.25, -0.2) is 18.3 Å². The smallest absolute Gasteiger partial charge is 0.338 e. The quantitative estimate of drug-likeness (QED) is 0.206. The maximum Gasteiger partial charge on any atom is 0.338 e. The van der Waals surface area contributed by atoms with Gasteiger partial charge in [0.2, 0.25) is 0 Å². The van der Waals surface area contributed by atoms with Crippen molar-refractivity contribution in [2.45, 2.75) is 65.0 Å². The lowest BCUT2D eigenvalue weighted by atomic mass is 9.83. The number of carbonyl (C=O) groups excluding carboxylic acids is 1. The highest BCUT2D eigenvalue weighted by Gasteiger charge is 2.32. The van der Waals surface area contributed by atoms with Crippen LogP contribution >= 0.6 is 0 Å². The number of H-pyrrole nitrogens is 1. The summed E-state index contributed by atoms with van der Waals surface area (Å²) in [7, 11) is 1.73. The molecule has 4 aromatic heterocycles. The molecular formula is C41H40F2N8O3. The molecule has 0 saturated carbocycles. The molecule has 0 bridgehead atoms. The average molecular weight is 731 g/mol. The van der Waals surface area contributed by atoms with Crippen LogP contribution in [0.1, 0.15) is 71.0 Å². The number of halogens is 2. The number of nitrogens with zero attached hydrogens (tertiary/aromatic N) is 7. The van der Waals surface area contributed by atoms with Gasteiger partial charge in [0.15, 0.2) is 5.82 Å². The summed E-state index contributed by atoms with van der Waals surface area (Å²) in [5.41, 5.74) is 5.38. The van der Waals surface area contributed by atoms with Crippen LogP contribution in [0.3, 0.4) is 0 Å². The number of hydrogen-bond donors (Lipinski definition) is 1. The van der Waals surface area contributed by atoms with Crippen molar-refractivity contribution in [1.29, 1.82) is 0 Å². The standard InChI is InChI=1S/C41H40F2N8O3/c1-23-16-28(17-24(2)36(23)42)51-38(50-14-13-49(40(50)53)35-9-8-34-29(37(35)43)21-44-47(34)5)30-22-48(12-10-32(30)46-51)39(52)33-19-27-18-25(6-7-31(27)45-33)26-11-15-54-41(3,4)20-26/h6-9,13-14,16-19,21,26,45H,10-12,15,20,22H2,1-5H3. The molecule has 2 aliphatic rings. The van der Waals surface area contributed by atoms with Crippen molar-refractivity contribution in [3.63, 3.8) is 0 Å². The summed E-state index contributed by atoms with van der Waals surface area (Å²) >= 11 is 0. The van der Waals surface area contributed by atoms with E-state index in [-0.39, 0.29) is 29.6 Å². The Kier molecular flexibility index (Phi) is 7.79. The van der Waals surface area contributed by atoms with Gasteiger partial charge in [0.1, 0.15) is 17.3 Å². The Morgan fingerprint density at radius 1 is 1.00 bits per heavy atom. The number of aromatic nitrogens is 7. The number of hydrogen-bond acceptors (Lipinski definition) is 5. The minimum Gasteiger partial charge on any atom is -0.376 e. The largest absolute Gasteiger partial charge is 0.376 e. The third-order valence-electron chi connectivity index (χ3n) is 11.1. The number of benzene rings is 3. The van der Waals surface area contributed by atoms with E-state index < -0.39 is 11.5 Å². The first kappa shape index (κ1) is 34.0. The molecule has 9 rings (SSSR count). The fraction of sp³-hybridized carbons (Fsp3) is 0.317. The Morgan fingerprint density at radius 2 is 1.78 bits per heavy atom. The van der Waals surface area contributed by atoms with Crippen molar-refractivity contribution < 1.29 is 18.3 Å². The van der Waals surface area contributed by atoms with Crippen LogP contribution in [0.2, 0.25) is 0 Å². The van der Waals surface area contributed by atoms with Gasteiger partial charge in [-0.3, -0.25) is 18.6 Å². The second kappa shape index (κ2) is 12.4. The number of carbonyl (C=O) groups is 1. The van der Waals surface area contributed by atoms with E-state index in [9.17, 15) is 14.0 Å². The maximum absolute atomic E-state index is 15.8. The van der Waals surface area contributed by atoms with Crippen LogP contribution in [-0.2, 0) is 24.8 Å². The summed E-state index contributed by atoms with van der Waals surface area (Å²) in [5, 5.41) is 10.4. The van der Waals surface area contributed by atoms with Crippen LogP contribution < -0.4 is 5.69 Å². The molecule has 0 radical (unpaired) electrons. The van der Waals surface area contributed by atoms with Crippen molar-refractivity contribution in [3.05, 3.63) is 123 Å². The second-order valence-electron chi connectivity index (χ2n) is 15.3. The van der Waals surface area contributed by atoms with Gasteiger partial charge in [-0.2, -0.15) is 10.2 Å². The van der Waals surface area contributed by atoms with E-state index in [1.807, 2.05) is 12.1 Å². The molecule has 11 nitrogen and oxygen atoms in total. The maximum atomic E-state index is 15.8. The zero-order valence-electron chi connectivity index (χ0n) is 30.8. The van der Waals surface area contributed by atoms with Crippen molar-refractivity contribution >= 4 is 27.7 Å². The molecule has 1 unspecified atom stereocenters. The van der Waals surface area contributed by atoms with Gasteiger partial charge in [-0.15, -0.1) is 0 Å². The molecule has 1 saturated heterocycles. The highest BCUT2D eigenvalue weighted by molar-refractivity contribution is 5.98. The van der Waals surface area contributed by atoms with E-state index >= 15 is 4.39 Å². The van der Waals surface area contributed by atoms with Crippen LogP contribution in [0.4, 0.5) is 8.78 Å². The minimum atomic E-state index is -0.570. The van der Waals surface area contributed by atoms with Crippen LogP contribution in [-0.4, -0.2) is 63.2 Å². The topological polar surface area (TPSA) is 108 Å². The Balaban J connectivity index is 1.10. The number of imidazole rings is 1. The van der Waals surface area contributed by atoms with Crippen molar-refractivity contribution in [2.24, 2.45) is 7.05 Å². The lowest BCUT2D eigenvalue weighted by Gasteiger charge is -2.35. The summed E-state index contributed by atoms with van der Waals surface area (Å²) in [6, 6.07) is 14.9. The number of amides is 1. The SMILES string of the molecule is Cc1cc(-n2nc3c(c2-n2ccn(-c4ccc5c(cnn5C)c4F)c2=O)CN(C(=O)c2cc4cc(C5CCOC(C)(C)C5)ccc4[nH]2)CC3)cc(C)c1F. The number of aromatic amines is 1. The molecule has 276 valence electrons. The van der Waals surface area contributed by atoms with Gasteiger partial charge >= 0.3 is 5.69 Å². The van der Waals surface area contributed by atoms with E-state index in [0.717, 1.165) is 36.0 Å². The van der Waals surface area contributed by atoms with E-state index in [0.29, 0.717) is 63.7 Å². The number of aryl methyl sites for hydroxylation is 3. The van der Waals surface area contributed by atoms with Gasteiger partial charge in [-0.05, 0) is 106 Å². The molecule has 3 aromatic carbocycles. The Bertz CT molecular complexity index is 2690. The van der Waals surface area contributed by atoms with Gasteiger partial charge in [0, 0.05) is 55.5 Å². The molecule has 7 aromatic rings. The zero-order valence-corrected chi connectivity index (χ0v) is 30.8. The predicted molar refractivity (Wildman–Crippen MR) is 201 cm³/mol. The molecule has 1 N–H and O–H groups in total. The summed E-state index contributed by atoms with van der Waals surface area (Å²) in [5.74, 6) is -0.278. The highest BCUT2D eigenvalue weighted by atomic mass is 19.1. The molecule has 2 aliphatic heterocycles. The first-order valence-corrected chi connectivity index (χ1v) is 18.2. The molecular weight excluding hydrogens is 690 g/mol. The molecule has 1 amide bonds. The molecule has 54 heavy (non-hydrogen) atoms. The van der Waals surface area contributed by atoms with Crippen LogP contribution in [0.25, 0.3) is 39.0 Å². The van der Waals surface area contributed by atoms with Gasteiger partial charge < -0.3 is 14.6 Å². The monoisotopic (exact) mass is 730 g/mol. The van der Waals surface area contributed by atoms with E-state index in [4.69, 9.17) is 9.84 Å². The molecule has 0 aliphatic carbocycles. The number of ether oxygens (including phenoxy) is 1. The molecule has 0 spiro atoms. The number of rotatable bonds is 5. The summed E-state index contributed by atoms with van der Waals surface area (Å²) in [4.78, 5) is 33.6. The normalized spacial score (nSPS) is 17.1. The van der Waals surface area contributed by atoms with Crippen molar-refractivity contribution in [3.8, 4) is 17.2 Å². The number of nitrogens with one attached hydrogen (secondary N) is 1. The van der Waals surface area contributed by atoms with E-state index in [2.05, 4.69) is 36.1 Å². The van der Waals surface area contributed by atoms with Crippen LogP contribution in [0.5, 0.6) is 0 Å². The average Bonchev–Trinajstić information content (AvgIpc) is 3.93. The lowest BCUT2D eigenvalue weighted by molar-refractivity contribution is -0.0592. The van der Waals surface area contributed by atoms with Gasteiger partial charge in [-0.1, -0.05) is 6.07 Å². The first-order valence-electron chi connectivity index (χ1n) is 18.2. The van der Waals surface area contributed by atoms with E-state index in [1.54, 1.807) is 65.6 Å². The van der Waals surface area contributed by atoms with Crippen LogP contribution in [0, 0.1) is 25.5 Å². The van der Waals surface area contributed by atoms with Gasteiger partial charge in [0.25, 0.3) is 5.91 Å². The van der Waals surface area contributed by atoms with Crippen molar-refractivity contribution in [1.82, 2.24) is 38.6 Å². The Hall–Kier alpha value is -5.82. The van der Waals surface area contributed by atoms with E-state index in [1.165, 1.54) is 27.1 Å². The lowest BCUT2D eigenvalue weighted by Crippen LogP contribution is -2.36. The molecule has 1 fully saturated rings. The summed E-state index contributed by atoms with van der Waals surface area (Å²) in [6.45, 7) is 8.92. The fourth-order valence-electron chi connectivity index (χ4n) is 8.30. The van der Waals surface area contributed by atoms with Crippen LogP contribution in [0.15, 0.2) is 71.9 Å². The fourth-order valence-corrected chi connectivity index (χ4v) is 8.30. The van der Waals surface area contributed by atoms with Crippen molar-refractivity contribution in [2.75, 3.05) is 13.2 Å². The Morgan fingerprint density at radius 3 is 2.56 bits per heavy atom. The number of fused-ring (bicyclic) bond motifs is 3. The Labute approximate surface area is 309 Å². The second-order valence-corrected chi connectivity index (χ2v) is 15.3. The third-order valence-corrected chi connectivity index (χ3v) is 11.1. The summed E-state index contributed by atoms with van der Waals surface area (Å²) < 4.78 is 42.5. The highest BCUT2D eigenvalue weighted by Crippen LogP contribution is 2.37. The minimum absolute atomic E-state index is 0.0759. The molecule has 1 atom stereocenters.